The Morgan fingerprint density at radius 2 is 2.05 bits per heavy atom. The molecule has 2 unspecified atom stereocenters. The molecule has 0 spiro atoms. The highest BCUT2D eigenvalue weighted by atomic mass is 35.5. The van der Waals surface area contributed by atoms with Crippen LogP contribution in [-0.4, -0.2) is 40.6 Å². The monoisotopic (exact) mass is 309 g/mol. The normalized spacial score (nSPS) is 28.6. The van der Waals surface area contributed by atoms with Gasteiger partial charge in [0.25, 0.3) is 0 Å². The molecule has 0 aliphatic carbocycles. The first-order chi connectivity index (χ1) is 10.0. The molecule has 2 aliphatic rings. The van der Waals surface area contributed by atoms with Gasteiger partial charge in [-0.3, -0.25) is 9.69 Å². The maximum atomic E-state index is 12.2. The number of nitrogens with one attached hydrogen (secondary N) is 1. The number of carbonyl (C=O) groups is 1. The van der Waals surface area contributed by atoms with Crippen molar-refractivity contribution in [1.29, 1.82) is 0 Å². The van der Waals surface area contributed by atoms with E-state index >= 15 is 0 Å². The molecule has 6 heteroatoms. The van der Waals surface area contributed by atoms with Crippen molar-refractivity contribution in [3.05, 3.63) is 23.2 Å². The van der Waals surface area contributed by atoms with Crippen LogP contribution in [0.4, 0.5) is 11.4 Å². The minimum absolute atomic E-state index is 0.0509. The van der Waals surface area contributed by atoms with Crippen LogP contribution in [0.3, 0.4) is 0 Å². The van der Waals surface area contributed by atoms with Crippen molar-refractivity contribution in [3.63, 3.8) is 0 Å². The molecule has 2 heterocycles. The second-order valence-corrected chi connectivity index (χ2v) is 6.37. The van der Waals surface area contributed by atoms with Gasteiger partial charge in [0.1, 0.15) is 0 Å². The van der Waals surface area contributed by atoms with E-state index in [1.807, 2.05) is 0 Å². The number of anilines is 2. The predicted octanol–water partition coefficient (Wildman–Crippen LogP) is 1.85. The van der Waals surface area contributed by atoms with Crippen LogP contribution in [0, 0.1) is 0 Å². The largest absolute Gasteiger partial charge is 0.397 e. The van der Waals surface area contributed by atoms with Crippen LogP contribution in [0.25, 0.3) is 0 Å². The molecule has 1 aromatic rings. The first-order valence-corrected chi connectivity index (χ1v) is 7.69. The number of fused-ring (bicyclic) bond motifs is 2. The van der Waals surface area contributed by atoms with Gasteiger partial charge >= 0.3 is 0 Å². The first kappa shape index (κ1) is 14.6. The summed E-state index contributed by atoms with van der Waals surface area (Å²) >= 11 is 5.86. The Morgan fingerprint density at radius 1 is 1.38 bits per heavy atom. The van der Waals surface area contributed by atoms with Crippen LogP contribution in [0.1, 0.15) is 25.7 Å². The third kappa shape index (κ3) is 3.15. The van der Waals surface area contributed by atoms with E-state index < -0.39 is 0 Å². The van der Waals surface area contributed by atoms with E-state index in [1.165, 1.54) is 0 Å². The third-order valence-electron chi connectivity index (χ3n) is 4.47. The zero-order valence-corrected chi connectivity index (χ0v) is 12.5. The van der Waals surface area contributed by atoms with Gasteiger partial charge in [0.05, 0.1) is 23.4 Å². The van der Waals surface area contributed by atoms with Crippen LogP contribution in [0.5, 0.6) is 0 Å². The van der Waals surface area contributed by atoms with Crippen LogP contribution in [0.15, 0.2) is 18.2 Å². The molecular formula is C15H20ClN3O2. The maximum Gasteiger partial charge on any atom is 0.238 e. The number of nitrogens with zero attached hydrogens (tertiary/aromatic N) is 1. The van der Waals surface area contributed by atoms with Gasteiger partial charge in [-0.1, -0.05) is 11.6 Å². The number of nitrogens with two attached hydrogens (primary N) is 1. The van der Waals surface area contributed by atoms with Crippen molar-refractivity contribution in [1.82, 2.24) is 4.90 Å². The lowest BCUT2D eigenvalue weighted by Crippen LogP contribution is -2.47. The number of amides is 1. The number of hydrogen-bond donors (Lipinski definition) is 3. The first-order valence-electron chi connectivity index (χ1n) is 7.31. The fourth-order valence-electron chi connectivity index (χ4n) is 3.49. The fraction of sp³-hybridized carbons (Fsp3) is 0.533. The summed E-state index contributed by atoms with van der Waals surface area (Å²) in [5, 5.41) is 13.1. The molecule has 2 bridgehead atoms. The van der Waals surface area contributed by atoms with Crippen LogP contribution in [0.2, 0.25) is 5.02 Å². The smallest absolute Gasteiger partial charge is 0.238 e. The molecule has 0 radical (unpaired) electrons. The SMILES string of the molecule is Nc1cc(NC(=O)CN2C3CCC2CC(O)C3)ccc1Cl. The number of piperidine rings is 1. The summed E-state index contributed by atoms with van der Waals surface area (Å²) in [6.45, 7) is 0.366. The molecule has 0 saturated carbocycles. The Balaban J connectivity index is 1.60. The van der Waals surface area contributed by atoms with Crippen LogP contribution in [-0.2, 0) is 4.79 Å². The zero-order valence-electron chi connectivity index (χ0n) is 11.8. The van der Waals surface area contributed by atoms with Crippen molar-refractivity contribution in [3.8, 4) is 0 Å². The van der Waals surface area contributed by atoms with E-state index in [1.54, 1.807) is 18.2 Å². The number of hydrogen-bond acceptors (Lipinski definition) is 4. The Labute approximate surface area is 129 Å². The molecule has 2 saturated heterocycles. The van der Waals surface area contributed by atoms with Crippen molar-refractivity contribution in [2.24, 2.45) is 0 Å². The maximum absolute atomic E-state index is 12.2. The molecule has 21 heavy (non-hydrogen) atoms. The minimum atomic E-state index is -0.210. The van der Waals surface area contributed by atoms with E-state index in [-0.39, 0.29) is 12.0 Å². The van der Waals surface area contributed by atoms with Gasteiger partial charge in [0, 0.05) is 17.8 Å². The molecule has 0 aromatic heterocycles. The van der Waals surface area contributed by atoms with Gasteiger partial charge in [-0.05, 0) is 43.9 Å². The van der Waals surface area contributed by atoms with E-state index in [0.717, 1.165) is 25.7 Å². The van der Waals surface area contributed by atoms with E-state index in [9.17, 15) is 9.90 Å². The molecule has 4 N–H and O–H groups in total. The van der Waals surface area contributed by atoms with Gasteiger partial charge in [-0.2, -0.15) is 0 Å². The molecule has 5 nitrogen and oxygen atoms in total. The summed E-state index contributed by atoms with van der Waals surface area (Å²) in [5.41, 5.74) is 6.84. The summed E-state index contributed by atoms with van der Waals surface area (Å²) in [4.78, 5) is 14.4. The number of carbonyl (C=O) groups excluding carboxylic acids is 1. The van der Waals surface area contributed by atoms with Crippen LogP contribution >= 0.6 is 11.6 Å². The highest BCUT2D eigenvalue weighted by Crippen LogP contribution is 2.35. The predicted molar refractivity (Wildman–Crippen MR) is 83.3 cm³/mol. The van der Waals surface area contributed by atoms with Crippen molar-refractivity contribution in [2.45, 2.75) is 43.9 Å². The molecule has 2 fully saturated rings. The Bertz CT molecular complexity index is 538. The standard InChI is InChI=1S/C15H20ClN3O2/c16-13-4-1-9(5-14(13)17)18-15(21)8-19-10-2-3-11(19)7-12(20)6-10/h1,4-5,10-12,20H,2-3,6-8,17H2,(H,18,21). The van der Waals surface area contributed by atoms with Gasteiger partial charge in [-0.15, -0.1) is 0 Å². The summed E-state index contributed by atoms with van der Waals surface area (Å²) in [6.07, 6.45) is 3.49. The summed E-state index contributed by atoms with van der Waals surface area (Å²) in [6, 6.07) is 5.74. The summed E-state index contributed by atoms with van der Waals surface area (Å²) in [7, 11) is 0. The number of aliphatic hydroxyl groups is 1. The molecule has 114 valence electrons. The highest BCUT2D eigenvalue weighted by Gasteiger charge is 2.40. The van der Waals surface area contributed by atoms with E-state index in [2.05, 4.69) is 10.2 Å². The lowest BCUT2D eigenvalue weighted by Gasteiger charge is -2.36. The van der Waals surface area contributed by atoms with E-state index in [4.69, 9.17) is 17.3 Å². The topological polar surface area (TPSA) is 78.6 Å². The van der Waals surface area contributed by atoms with Gasteiger partial charge in [-0.25, -0.2) is 0 Å². The summed E-state index contributed by atoms with van der Waals surface area (Å²) < 4.78 is 0. The Hall–Kier alpha value is -1.30. The van der Waals surface area contributed by atoms with Gasteiger partial charge in [0.15, 0.2) is 0 Å². The minimum Gasteiger partial charge on any atom is -0.397 e. The number of benzene rings is 1. The number of halogens is 1. The fourth-order valence-corrected chi connectivity index (χ4v) is 3.61. The second-order valence-electron chi connectivity index (χ2n) is 5.97. The van der Waals surface area contributed by atoms with Crippen molar-refractivity contribution < 1.29 is 9.90 Å². The van der Waals surface area contributed by atoms with Crippen molar-refractivity contribution in [2.75, 3.05) is 17.6 Å². The second kappa shape index (κ2) is 5.83. The third-order valence-corrected chi connectivity index (χ3v) is 4.81. The number of aliphatic hydroxyl groups excluding tert-OH is 1. The highest BCUT2D eigenvalue weighted by molar-refractivity contribution is 6.33. The number of nitrogen functional groups attached to an aromatic ring is 1. The van der Waals surface area contributed by atoms with Crippen molar-refractivity contribution >= 4 is 28.9 Å². The lowest BCUT2D eigenvalue weighted by atomic mass is 10.00. The Morgan fingerprint density at radius 3 is 2.67 bits per heavy atom. The zero-order chi connectivity index (χ0) is 15.0. The van der Waals surface area contributed by atoms with E-state index in [0.29, 0.717) is 35.0 Å². The molecule has 3 rings (SSSR count). The quantitative estimate of drug-likeness (QED) is 0.745. The average molecular weight is 310 g/mol. The molecule has 2 aliphatic heterocycles. The molecule has 1 amide bonds. The Kier molecular flexibility index (Phi) is 4.06. The van der Waals surface area contributed by atoms with Gasteiger partial charge in [0.2, 0.25) is 5.91 Å². The number of rotatable bonds is 3. The average Bonchev–Trinajstić information content (AvgIpc) is 2.67. The summed E-state index contributed by atoms with van der Waals surface area (Å²) in [5.74, 6) is -0.0509. The lowest BCUT2D eigenvalue weighted by molar-refractivity contribution is -0.119. The molecule has 2 atom stereocenters. The van der Waals surface area contributed by atoms with Crippen LogP contribution < -0.4 is 11.1 Å². The molecule has 1 aromatic carbocycles. The van der Waals surface area contributed by atoms with Gasteiger partial charge < -0.3 is 16.2 Å². The molecular weight excluding hydrogens is 290 g/mol.